The molecule has 0 saturated carbocycles. The number of nitriles is 1. The summed E-state index contributed by atoms with van der Waals surface area (Å²) in [5, 5.41) is 18.7. The summed E-state index contributed by atoms with van der Waals surface area (Å²) in [6, 6.07) is 77.0. The van der Waals surface area contributed by atoms with Gasteiger partial charge in [0, 0.05) is 54.8 Å². The van der Waals surface area contributed by atoms with Crippen LogP contribution in [-0.4, -0.2) is 13.7 Å². The Hall–Kier alpha value is -9.62. The smallest absolute Gasteiger partial charge is 0.188 e. The predicted octanol–water partition coefficient (Wildman–Crippen LogP) is 16.6. The third-order valence-corrected chi connectivity index (χ3v) is 13.9. The third-order valence-electron chi connectivity index (χ3n) is 13.9. The van der Waals surface area contributed by atoms with Crippen molar-refractivity contribution in [2.45, 2.75) is 0 Å². The van der Waals surface area contributed by atoms with E-state index in [1.165, 1.54) is 0 Å². The minimum Gasteiger partial charge on any atom is -0.456 e. The number of hydrogen-bond donors (Lipinski definition) is 0. The molecule has 10 aromatic carbocycles. The van der Waals surface area contributed by atoms with Crippen molar-refractivity contribution < 1.29 is 4.42 Å². The maximum absolute atomic E-state index is 9.96. The first kappa shape index (κ1) is 37.7. The molecule has 4 aromatic heterocycles. The van der Waals surface area contributed by atoms with Gasteiger partial charge in [-0.25, -0.2) is 4.85 Å². The van der Waals surface area contributed by atoms with Gasteiger partial charge in [-0.05, 0) is 155 Å². The molecule has 0 saturated heterocycles. The molecule has 0 aliphatic carbocycles. The van der Waals surface area contributed by atoms with Crippen LogP contribution in [0, 0.1) is 17.9 Å². The van der Waals surface area contributed by atoms with E-state index in [0.29, 0.717) is 11.3 Å². The van der Waals surface area contributed by atoms with Crippen LogP contribution in [0.3, 0.4) is 0 Å². The number of fused-ring (bicyclic) bond motifs is 12. The first-order valence-corrected chi connectivity index (χ1v) is 22.7. The van der Waals surface area contributed by atoms with Crippen LogP contribution in [0.15, 0.2) is 217 Å². The van der Waals surface area contributed by atoms with E-state index in [2.05, 4.69) is 188 Å². The first-order chi connectivity index (χ1) is 33.6. The molecule has 14 rings (SSSR count). The average Bonchev–Trinajstić information content (AvgIpc) is 4.14. The maximum Gasteiger partial charge on any atom is 0.188 e. The maximum atomic E-state index is 9.96. The normalized spacial score (nSPS) is 11.8. The largest absolute Gasteiger partial charge is 0.456 e. The standard InChI is InChI=1S/C62H35N5O/c1-64-43-21-28-60-53(35-43)52-34-42(18-25-57(52)66(60)45-12-6-3-7-13-45)41-20-27-59-51(33-41)50-32-40(19-26-58(50)67(59)46-22-29-62-54(36-46)47-14-8-9-15-61(47)68-62)39-17-24-56-49(31-39)48-30-38(37-63)16-23-55(48)65(56)44-10-4-2-5-11-44/h2-36H. The second-order valence-electron chi connectivity index (χ2n) is 17.5. The number of nitrogens with zero attached hydrogens (tertiary/aromatic N) is 5. The fraction of sp³-hybridized carbons (Fsp3) is 0. The van der Waals surface area contributed by atoms with Gasteiger partial charge in [0.1, 0.15) is 11.2 Å². The Morgan fingerprint density at radius 1 is 0.353 bits per heavy atom. The van der Waals surface area contributed by atoms with Gasteiger partial charge in [0.05, 0.1) is 51.3 Å². The average molecular weight is 866 g/mol. The van der Waals surface area contributed by atoms with Crippen LogP contribution in [0.2, 0.25) is 0 Å². The van der Waals surface area contributed by atoms with E-state index in [1.54, 1.807) is 0 Å². The zero-order chi connectivity index (χ0) is 45.0. The minimum absolute atomic E-state index is 0.620. The molecule has 4 heterocycles. The molecule has 314 valence electrons. The Balaban J connectivity index is 0.991. The lowest BCUT2D eigenvalue weighted by Crippen LogP contribution is -1.94. The highest BCUT2D eigenvalue weighted by Gasteiger charge is 2.20. The van der Waals surface area contributed by atoms with Crippen LogP contribution in [-0.2, 0) is 0 Å². The highest BCUT2D eigenvalue weighted by atomic mass is 16.3. The monoisotopic (exact) mass is 865 g/mol. The van der Waals surface area contributed by atoms with Crippen molar-refractivity contribution in [2.24, 2.45) is 0 Å². The zero-order valence-corrected chi connectivity index (χ0v) is 36.4. The number of rotatable bonds is 5. The molecular weight excluding hydrogens is 831 g/mol. The van der Waals surface area contributed by atoms with Gasteiger partial charge in [0.15, 0.2) is 5.69 Å². The van der Waals surface area contributed by atoms with Gasteiger partial charge in [-0.15, -0.1) is 0 Å². The lowest BCUT2D eigenvalue weighted by molar-refractivity contribution is 0.669. The van der Waals surface area contributed by atoms with E-state index in [1.807, 2.05) is 48.5 Å². The van der Waals surface area contributed by atoms with Crippen LogP contribution in [0.5, 0.6) is 0 Å². The van der Waals surface area contributed by atoms with Crippen molar-refractivity contribution in [1.29, 1.82) is 5.26 Å². The first-order valence-electron chi connectivity index (χ1n) is 22.7. The molecule has 6 heteroatoms. The summed E-state index contributed by atoms with van der Waals surface area (Å²) in [5.41, 5.74) is 17.1. The fourth-order valence-corrected chi connectivity index (χ4v) is 10.8. The van der Waals surface area contributed by atoms with Gasteiger partial charge in [0.2, 0.25) is 0 Å². The summed E-state index contributed by atoms with van der Waals surface area (Å²) < 4.78 is 13.2. The highest BCUT2D eigenvalue weighted by Crippen LogP contribution is 2.42. The van der Waals surface area contributed by atoms with Gasteiger partial charge in [-0.1, -0.05) is 84.9 Å². The second-order valence-corrected chi connectivity index (χ2v) is 17.5. The van der Waals surface area contributed by atoms with Crippen molar-refractivity contribution >= 4 is 93.0 Å². The van der Waals surface area contributed by atoms with Crippen molar-refractivity contribution in [3.63, 3.8) is 0 Å². The summed E-state index contributed by atoms with van der Waals surface area (Å²) in [4.78, 5) is 3.81. The molecule has 0 radical (unpaired) electrons. The van der Waals surface area contributed by atoms with Crippen LogP contribution in [0.1, 0.15) is 5.56 Å². The van der Waals surface area contributed by atoms with Crippen molar-refractivity contribution in [1.82, 2.24) is 13.7 Å². The Bertz CT molecular complexity index is 4280. The van der Waals surface area contributed by atoms with Gasteiger partial charge in [-0.2, -0.15) is 5.26 Å². The number of furan rings is 1. The van der Waals surface area contributed by atoms with Crippen LogP contribution in [0.25, 0.3) is 132 Å². The molecule has 0 N–H and O–H groups in total. The SMILES string of the molecule is [C-]#[N+]c1ccc2c(c1)c1cc(-c3ccc4c(c3)c3cc(-c5ccc6c(c5)c5cc(C#N)ccc5n6-c5ccccc5)ccc3n4-c3ccc4oc5ccccc5c4c3)ccc1n2-c1ccccc1. The van der Waals surface area contributed by atoms with Gasteiger partial charge < -0.3 is 18.1 Å². The molecular formula is C62H35N5O. The molecule has 0 unspecified atom stereocenters. The van der Waals surface area contributed by atoms with Crippen LogP contribution >= 0.6 is 0 Å². The highest BCUT2D eigenvalue weighted by molar-refractivity contribution is 6.15. The minimum atomic E-state index is 0.620. The topological polar surface area (TPSA) is 56.1 Å². The third kappa shape index (κ3) is 5.56. The summed E-state index contributed by atoms with van der Waals surface area (Å²) in [6.45, 7) is 7.83. The van der Waals surface area contributed by atoms with E-state index < -0.39 is 0 Å². The van der Waals surface area contributed by atoms with E-state index in [0.717, 1.165) is 127 Å². The van der Waals surface area contributed by atoms with Crippen LogP contribution in [0.4, 0.5) is 5.69 Å². The Morgan fingerprint density at radius 2 is 0.779 bits per heavy atom. The van der Waals surface area contributed by atoms with Crippen molar-refractivity contribution in [3.8, 4) is 45.4 Å². The summed E-state index contributed by atoms with van der Waals surface area (Å²) in [6.07, 6.45) is 0. The quantitative estimate of drug-likeness (QED) is 0.162. The Kier molecular flexibility index (Phi) is 8.01. The molecule has 0 spiro atoms. The lowest BCUT2D eigenvalue weighted by atomic mass is 9.98. The Morgan fingerprint density at radius 3 is 1.29 bits per heavy atom. The number of aromatic nitrogens is 3. The van der Waals surface area contributed by atoms with Gasteiger partial charge >= 0.3 is 0 Å². The fourth-order valence-electron chi connectivity index (χ4n) is 10.8. The summed E-state index contributed by atoms with van der Waals surface area (Å²) >= 11 is 0. The molecule has 0 amide bonds. The van der Waals surface area contributed by atoms with Gasteiger partial charge in [0.25, 0.3) is 0 Å². The van der Waals surface area contributed by atoms with Crippen molar-refractivity contribution in [2.75, 3.05) is 0 Å². The summed E-state index contributed by atoms with van der Waals surface area (Å²) in [7, 11) is 0. The molecule has 0 bridgehead atoms. The molecule has 0 fully saturated rings. The van der Waals surface area contributed by atoms with Crippen molar-refractivity contribution in [3.05, 3.63) is 229 Å². The zero-order valence-electron chi connectivity index (χ0n) is 36.4. The number of hydrogen-bond acceptors (Lipinski definition) is 2. The molecule has 0 aliphatic rings. The van der Waals surface area contributed by atoms with E-state index in [4.69, 9.17) is 11.0 Å². The summed E-state index contributed by atoms with van der Waals surface area (Å²) in [5.74, 6) is 0. The van der Waals surface area contributed by atoms with E-state index in [-0.39, 0.29) is 0 Å². The van der Waals surface area contributed by atoms with Gasteiger partial charge in [-0.3, -0.25) is 0 Å². The second kappa shape index (κ2) is 14.4. The molecule has 0 atom stereocenters. The molecule has 14 aromatic rings. The number of benzene rings is 10. The van der Waals surface area contributed by atoms with E-state index in [9.17, 15) is 5.26 Å². The molecule has 68 heavy (non-hydrogen) atoms. The molecule has 0 aliphatic heterocycles. The van der Waals surface area contributed by atoms with Crippen LogP contribution < -0.4 is 0 Å². The Labute approximate surface area is 389 Å². The molecule has 6 nitrogen and oxygen atoms in total. The predicted molar refractivity (Wildman–Crippen MR) is 279 cm³/mol. The number of para-hydroxylation sites is 3. The lowest BCUT2D eigenvalue weighted by Gasteiger charge is -2.10. The van der Waals surface area contributed by atoms with E-state index >= 15 is 0 Å².